The molecule has 0 aliphatic carbocycles. The molecule has 1 rings (SSSR count). The zero-order chi connectivity index (χ0) is 12.8. The van der Waals surface area contributed by atoms with Gasteiger partial charge in [0.15, 0.2) is 0 Å². The number of hydrogen-bond acceptors (Lipinski definition) is 3. The van der Waals surface area contributed by atoms with Gasteiger partial charge in [-0.2, -0.15) is 0 Å². The van der Waals surface area contributed by atoms with Crippen LogP contribution in [0.3, 0.4) is 0 Å². The minimum absolute atomic E-state index is 0.207. The molecule has 0 radical (unpaired) electrons. The van der Waals surface area contributed by atoms with E-state index in [1.807, 2.05) is 11.8 Å². The molecule has 1 saturated heterocycles. The standard InChI is InChI=1S/C13H27N3O/c1-4-12-10-16(9-8-15(12)3)13(17)7-5-6-11(2)14/h11-12H,4-10,14H2,1-3H3. The number of piperazine rings is 1. The fraction of sp³-hybridized carbons (Fsp3) is 0.923. The third-order valence-corrected chi connectivity index (χ3v) is 3.65. The molecule has 1 amide bonds. The van der Waals surface area contributed by atoms with E-state index in [0.717, 1.165) is 38.9 Å². The number of hydrogen-bond donors (Lipinski definition) is 1. The largest absolute Gasteiger partial charge is 0.340 e. The highest BCUT2D eigenvalue weighted by Gasteiger charge is 2.25. The summed E-state index contributed by atoms with van der Waals surface area (Å²) in [7, 11) is 2.14. The molecule has 0 aromatic carbocycles. The molecule has 0 saturated carbocycles. The first-order valence-corrected chi connectivity index (χ1v) is 6.78. The second-order valence-electron chi connectivity index (χ2n) is 5.25. The summed E-state index contributed by atoms with van der Waals surface area (Å²) in [5.41, 5.74) is 5.69. The first-order valence-electron chi connectivity index (χ1n) is 6.78. The summed E-state index contributed by atoms with van der Waals surface area (Å²) >= 11 is 0. The lowest BCUT2D eigenvalue weighted by molar-refractivity contribution is -0.134. The topological polar surface area (TPSA) is 49.6 Å². The minimum atomic E-state index is 0.207. The van der Waals surface area contributed by atoms with Crippen LogP contribution in [-0.2, 0) is 4.79 Å². The van der Waals surface area contributed by atoms with Crippen LogP contribution in [0.2, 0.25) is 0 Å². The van der Waals surface area contributed by atoms with Gasteiger partial charge in [0.25, 0.3) is 0 Å². The predicted molar refractivity (Wildman–Crippen MR) is 70.8 cm³/mol. The monoisotopic (exact) mass is 241 g/mol. The van der Waals surface area contributed by atoms with Crippen LogP contribution in [0, 0.1) is 0 Å². The number of likely N-dealkylation sites (N-methyl/N-ethyl adjacent to an activating group) is 1. The molecule has 1 aliphatic rings. The van der Waals surface area contributed by atoms with Gasteiger partial charge in [-0.25, -0.2) is 0 Å². The first kappa shape index (κ1) is 14.5. The lowest BCUT2D eigenvalue weighted by Crippen LogP contribution is -2.52. The van der Waals surface area contributed by atoms with E-state index in [1.165, 1.54) is 0 Å². The average Bonchev–Trinajstić information content (AvgIpc) is 2.29. The molecule has 2 unspecified atom stereocenters. The van der Waals surface area contributed by atoms with Crippen LogP contribution in [0.5, 0.6) is 0 Å². The number of rotatable bonds is 5. The highest BCUT2D eigenvalue weighted by Crippen LogP contribution is 2.12. The van der Waals surface area contributed by atoms with E-state index in [2.05, 4.69) is 18.9 Å². The molecule has 4 nitrogen and oxygen atoms in total. The van der Waals surface area contributed by atoms with E-state index in [1.54, 1.807) is 0 Å². The molecule has 4 heteroatoms. The van der Waals surface area contributed by atoms with Crippen LogP contribution in [0.1, 0.15) is 39.5 Å². The van der Waals surface area contributed by atoms with Gasteiger partial charge in [-0.3, -0.25) is 9.69 Å². The van der Waals surface area contributed by atoms with E-state index in [4.69, 9.17) is 5.73 Å². The highest BCUT2D eigenvalue weighted by atomic mass is 16.2. The first-order chi connectivity index (χ1) is 8.04. The molecular weight excluding hydrogens is 214 g/mol. The Hall–Kier alpha value is -0.610. The van der Waals surface area contributed by atoms with Gasteiger partial charge in [0.2, 0.25) is 5.91 Å². The Morgan fingerprint density at radius 1 is 1.47 bits per heavy atom. The Balaban J connectivity index is 2.32. The molecule has 1 fully saturated rings. The molecule has 0 aromatic heterocycles. The Labute approximate surface area is 105 Å². The third-order valence-electron chi connectivity index (χ3n) is 3.65. The van der Waals surface area contributed by atoms with E-state index >= 15 is 0 Å². The Kier molecular flexibility index (Phi) is 5.92. The second kappa shape index (κ2) is 6.97. The average molecular weight is 241 g/mol. The van der Waals surface area contributed by atoms with Gasteiger partial charge in [-0.1, -0.05) is 6.92 Å². The van der Waals surface area contributed by atoms with Gasteiger partial charge in [0.05, 0.1) is 0 Å². The lowest BCUT2D eigenvalue weighted by Gasteiger charge is -2.39. The van der Waals surface area contributed by atoms with Gasteiger partial charge >= 0.3 is 0 Å². The highest BCUT2D eigenvalue weighted by molar-refractivity contribution is 5.76. The van der Waals surface area contributed by atoms with Crippen molar-refractivity contribution in [1.82, 2.24) is 9.80 Å². The van der Waals surface area contributed by atoms with Crippen LogP contribution in [0.15, 0.2) is 0 Å². The smallest absolute Gasteiger partial charge is 0.222 e. The molecule has 0 spiro atoms. The number of carbonyl (C=O) groups excluding carboxylic acids is 1. The summed E-state index contributed by atoms with van der Waals surface area (Å²) in [6.45, 7) is 6.95. The van der Waals surface area contributed by atoms with Crippen molar-refractivity contribution in [1.29, 1.82) is 0 Å². The molecule has 1 heterocycles. The third kappa shape index (κ3) is 4.64. The molecule has 0 aromatic rings. The Morgan fingerprint density at radius 3 is 2.76 bits per heavy atom. The SMILES string of the molecule is CCC1CN(C(=O)CCCC(C)N)CCN1C. The van der Waals surface area contributed by atoms with Gasteiger partial charge in [-0.15, -0.1) is 0 Å². The van der Waals surface area contributed by atoms with Gasteiger partial charge in [0, 0.05) is 38.1 Å². The summed E-state index contributed by atoms with van der Waals surface area (Å²) in [6, 6.07) is 0.736. The van der Waals surface area contributed by atoms with Gasteiger partial charge in [0.1, 0.15) is 0 Å². The molecule has 2 atom stereocenters. The molecule has 100 valence electrons. The summed E-state index contributed by atoms with van der Waals surface area (Å²) in [5.74, 6) is 0.303. The maximum Gasteiger partial charge on any atom is 0.222 e. The van der Waals surface area contributed by atoms with Crippen molar-refractivity contribution in [3.05, 3.63) is 0 Å². The van der Waals surface area contributed by atoms with Crippen molar-refractivity contribution in [3.8, 4) is 0 Å². The minimum Gasteiger partial charge on any atom is -0.340 e. The fourth-order valence-electron chi connectivity index (χ4n) is 2.35. The fourth-order valence-corrected chi connectivity index (χ4v) is 2.35. The molecular formula is C13H27N3O. The van der Waals surface area contributed by atoms with E-state index < -0.39 is 0 Å². The van der Waals surface area contributed by atoms with Crippen molar-refractivity contribution in [2.75, 3.05) is 26.7 Å². The Bertz CT molecular complexity index is 243. The van der Waals surface area contributed by atoms with Gasteiger partial charge in [-0.05, 0) is 33.2 Å². The van der Waals surface area contributed by atoms with E-state index in [9.17, 15) is 4.79 Å². The zero-order valence-corrected chi connectivity index (χ0v) is 11.5. The van der Waals surface area contributed by atoms with Crippen molar-refractivity contribution in [2.45, 2.75) is 51.6 Å². The number of carbonyl (C=O) groups is 1. The van der Waals surface area contributed by atoms with Crippen LogP contribution < -0.4 is 5.73 Å². The van der Waals surface area contributed by atoms with Crippen molar-refractivity contribution < 1.29 is 4.79 Å². The molecule has 2 N–H and O–H groups in total. The van der Waals surface area contributed by atoms with Crippen LogP contribution in [0.4, 0.5) is 0 Å². The van der Waals surface area contributed by atoms with E-state index in [0.29, 0.717) is 18.4 Å². The summed E-state index contributed by atoms with van der Waals surface area (Å²) in [5, 5.41) is 0. The Morgan fingerprint density at radius 2 is 2.18 bits per heavy atom. The maximum atomic E-state index is 12.0. The molecule has 17 heavy (non-hydrogen) atoms. The van der Waals surface area contributed by atoms with Crippen molar-refractivity contribution in [2.24, 2.45) is 5.73 Å². The quantitative estimate of drug-likeness (QED) is 0.783. The van der Waals surface area contributed by atoms with Crippen molar-refractivity contribution in [3.63, 3.8) is 0 Å². The number of nitrogens with zero attached hydrogens (tertiary/aromatic N) is 2. The molecule has 1 aliphatic heterocycles. The molecule has 0 bridgehead atoms. The van der Waals surface area contributed by atoms with E-state index in [-0.39, 0.29) is 6.04 Å². The van der Waals surface area contributed by atoms with Crippen LogP contribution >= 0.6 is 0 Å². The summed E-state index contributed by atoms with van der Waals surface area (Å²) < 4.78 is 0. The second-order valence-corrected chi connectivity index (χ2v) is 5.25. The van der Waals surface area contributed by atoms with Crippen LogP contribution in [0.25, 0.3) is 0 Å². The van der Waals surface area contributed by atoms with Crippen LogP contribution in [-0.4, -0.2) is 54.5 Å². The van der Waals surface area contributed by atoms with Crippen molar-refractivity contribution >= 4 is 5.91 Å². The normalized spacial score (nSPS) is 23.8. The zero-order valence-electron chi connectivity index (χ0n) is 11.5. The number of amides is 1. The predicted octanol–water partition coefficient (Wildman–Crippen LogP) is 1.06. The lowest BCUT2D eigenvalue weighted by atomic mass is 10.1. The maximum absolute atomic E-state index is 12.0. The summed E-state index contributed by atoms with van der Waals surface area (Å²) in [6.07, 6.45) is 3.62. The number of nitrogens with two attached hydrogens (primary N) is 1. The summed E-state index contributed by atoms with van der Waals surface area (Å²) in [4.78, 5) is 16.4. The van der Waals surface area contributed by atoms with Gasteiger partial charge < -0.3 is 10.6 Å².